The Morgan fingerprint density at radius 3 is 2.62 bits per heavy atom. The Morgan fingerprint density at radius 1 is 1.00 bits per heavy atom. The van der Waals surface area contributed by atoms with Gasteiger partial charge in [0.05, 0.1) is 5.56 Å². The van der Waals surface area contributed by atoms with Crippen LogP contribution in [0.5, 0.6) is 5.75 Å². The number of hydrogen-bond donors (Lipinski definition) is 3. The zero-order valence-corrected chi connectivity index (χ0v) is 20.9. The van der Waals surface area contributed by atoms with Gasteiger partial charge in [0, 0.05) is 17.3 Å². The van der Waals surface area contributed by atoms with Crippen LogP contribution in [-0.4, -0.2) is 21.1 Å². The number of hydrogen-bond acceptors (Lipinski definition) is 6. The summed E-state index contributed by atoms with van der Waals surface area (Å²) >= 11 is 5.29. The van der Waals surface area contributed by atoms with Gasteiger partial charge in [0.25, 0.3) is 0 Å². The molecule has 0 aliphatic heterocycles. The molecule has 5 aromatic rings. The molecular weight excluding hydrogens is 486 g/mol. The fourth-order valence-corrected chi connectivity index (χ4v) is 4.17. The summed E-state index contributed by atoms with van der Waals surface area (Å²) in [5, 5.41) is 16.1. The number of anilines is 1. The molecular formula is C29H23N3O4S. The molecule has 2 aromatic heterocycles. The monoisotopic (exact) mass is 509 g/mol. The van der Waals surface area contributed by atoms with E-state index in [1.54, 1.807) is 24.3 Å². The van der Waals surface area contributed by atoms with E-state index in [0.717, 1.165) is 16.7 Å². The third kappa shape index (κ3) is 5.44. The van der Waals surface area contributed by atoms with Gasteiger partial charge < -0.3 is 19.3 Å². The van der Waals surface area contributed by atoms with Gasteiger partial charge in [-0.2, -0.15) is 0 Å². The number of thiocarbonyl (C=S) groups is 1. The molecule has 0 unspecified atom stereocenters. The van der Waals surface area contributed by atoms with Crippen molar-refractivity contribution in [1.82, 2.24) is 10.3 Å². The Bertz CT molecular complexity index is 1650. The van der Waals surface area contributed by atoms with Gasteiger partial charge in [0.1, 0.15) is 22.8 Å². The number of rotatable bonds is 5. The van der Waals surface area contributed by atoms with Crippen LogP contribution < -0.4 is 10.6 Å². The summed E-state index contributed by atoms with van der Waals surface area (Å²) < 4.78 is 11.7. The number of aromatic hydroxyl groups is 1. The minimum atomic E-state index is -0.418. The van der Waals surface area contributed by atoms with Crippen LogP contribution in [0.25, 0.3) is 40.0 Å². The van der Waals surface area contributed by atoms with Crippen LogP contribution in [0, 0.1) is 13.8 Å². The highest BCUT2D eigenvalue weighted by molar-refractivity contribution is 7.80. The summed E-state index contributed by atoms with van der Waals surface area (Å²) in [6.07, 6.45) is 2.91. The smallest absolute Gasteiger partial charge is 0.250 e. The van der Waals surface area contributed by atoms with Crippen LogP contribution in [0.3, 0.4) is 0 Å². The van der Waals surface area contributed by atoms with Crippen molar-refractivity contribution < 1.29 is 18.7 Å². The number of benzene rings is 3. The number of nitrogens with zero attached hydrogens (tertiary/aromatic N) is 1. The molecule has 0 bridgehead atoms. The van der Waals surface area contributed by atoms with Crippen molar-refractivity contribution in [3.8, 4) is 28.5 Å². The van der Waals surface area contributed by atoms with Crippen molar-refractivity contribution in [3.05, 3.63) is 95.8 Å². The van der Waals surface area contributed by atoms with Crippen LogP contribution >= 0.6 is 12.2 Å². The highest BCUT2D eigenvalue weighted by Crippen LogP contribution is 2.34. The van der Waals surface area contributed by atoms with Gasteiger partial charge >= 0.3 is 0 Å². The Kier molecular flexibility index (Phi) is 6.57. The molecule has 1 amide bonds. The molecule has 184 valence electrons. The number of oxazole rings is 1. The molecule has 3 aromatic carbocycles. The van der Waals surface area contributed by atoms with Gasteiger partial charge in [-0.25, -0.2) is 4.98 Å². The number of fused-ring (bicyclic) bond motifs is 1. The second kappa shape index (κ2) is 10.1. The lowest BCUT2D eigenvalue weighted by molar-refractivity contribution is -0.115. The quantitative estimate of drug-likeness (QED) is 0.139. The molecule has 0 radical (unpaired) electrons. The van der Waals surface area contributed by atoms with Crippen molar-refractivity contribution in [2.75, 3.05) is 5.32 Å². The molecule has 0 atom stereocenters. The molecule has 2 heterocycles. The molecule has 7 nitrogen and oxygen atoms in total. The first-order valence-electron chi connectivity index (χ1n) is 11.5. The van der Waals surface area contributed by atoms with E-state index in [4.69, 9.17) is 21.1 Å². The van der Waals surface area contributed by atoms with Crippen molar-refractivity contribution in [1.29, 1.82) is 0 Å². The first-order chi connectivity index (χ1) is 17.9. The molecule has 0 aliphatic carbocycles. The van der Waals surface area contributed by atoms with Gasteiger partial charge in [-0.15, -0.1) is 0 Å². The number of carbonyl (C=O) groups excluding carboxylic acids is 1. The first kappa shape index (κ1) is 24.0. The van der Waals surface area contributed by atoms with Gasteiger partial charge in [-0.1, -0.05) is 36.4 Å². The predicted molar refractivity (Wildman–Crippen MR) is 148 cm³/mol. The number of aromatic nitrogens is 1. The lowest BCUT2D eigenvalue weighted by Gasteiger charge is -2.10. The summed E-state index contributed by atoms with van der Waals surface area (Å²) in [5.74, 6) is 1.14. The maximum Gasteiger partial charge on any atom is 0.250 e. The van der Waals surface area contributed by atoms with E-state index in [0.29, 0.717) is 33.9 Å². The second-order valence-electron chi connectivity index (χ2n) is 8.53. The Labute approximate surface area is 218 Å². The highest BCUT2D eigenvalue weighted by Gasteiger charge is 2.15. The number of amides is 1. The number of furan rings is 1. The predicted octanol–water partition coefficient (Wildman–Crippen LogP) is 6.60. The first-order valence-corrected chi connectivity index (χ1v) is 11.9. The summed E-state index contributed by atoms with van der Waals surface area (Å²) in [4.78, 5) is 16.9. The van der Waals surface area contributed by atoms with Crippen LogP contribution in [0.1, 0.15) is 16.9 Å². The molecule has 3 N–H and O–H groups in total. The van der Waals surface area contributed by atoms with Gasteiger partial charge in [-0.3, -0.25) is 10.1 Å². The standard InChI is InChI=1S/C29H23N3O4S/c1-17-14-18(2)27-23(15-17)31-28(36-27)22-16-20(8-11-24(22)33)30-29(37)32-26(34)13-10-21-9-12-25(35-21)19-6-4-3-5-7-19/h3-16,33H,1-2H3,(H2,30,32,34,37)/b13-10+. The Balaban J connectivity index is 1.25. The number of phenolic OH excluding ortho intramolecular Hbond substituents is 1. The Morgan fingerprint density at radius 2 is 1.81 bits per heavy atom. The van der Waals surface area contributed by atoms with E-state index < -0.39 is 5.91 Å². The summed E-state index contributed by atoms with van der Waals surface area (Å²) in [6, 6.07) is 22.1. The highest BCUT2D eigenvalue weighted by atomic mass is 32.1. The fraction of sp³-hybridized carbons (Fsp3) is 0.0690. The third-order valence-electron chi connectivity index (χ3n) is 5.63. The lowest BCUT2D eigenvalue weighted by atomic mass is 10.1. The number of nitrogens with one attached hydrogen (secondary N) is 2. The molecule has 0 aliphatic rings. The minimum Gasteiger partial charge on any atom is -0.507 e. The SMILES string of the molecule is Cc1cc(C)c2oc(-c3cc(NC(=S)NC(=O)/C=C/c4ccc(-c5ccccc5)o4)ccc3O)nc2c1. The third-order valence-corrected chi connectivity index (χ3v) is 5.83. The summed E-state index contributed by atoms with van der Waals surface area (Å²) in [6.45, 7) is 3.94. The number of carbonyl (C=O) groups is 1. The van der Waals surface area contributed by atoms with Crippen LogP contribution in [0.4, 0.5) is 5.69 Å². The van der Waals surface area contributed by atoms with E-state index in [1.165, 1.54) is 12.1 Å². The average Bonchev–Trinajstić information content (AvgIpc) is 3.52. The zero-order chi connectivity index (χ0) is 25.9. The molecule has 0 saturated heterocycles. The van der Waals surface area contributed by atoms with Crippen LogP contribution in [-0.2, 0) is 4.79 Å². The van der Waals surface area contributed by atoms with E-state index in [1.807, 2.05) is 62.4 Å². The molecule has 5 rings (SSSR count). The van der Waals surface area contributed by atoms with Crippen molar-refractivity contribution >= 4 is 46.1 Å². The van der Waals surface area contributed by atoms with Gasteiger partial charge in [-0.05, 0) is 79.7 Å². The number of phenols is 1. The van der Waals surface area contributed by atoms with E-state index in [9.17, 15) is 9.90 Å². The topological polar surface area (TPSA) is 101 Å². The van der Waals surface area contributed by atoms with E-state index in [-0.39, 0.29) is 16.8 Å². The molecule has 0 saturated carbocycles. The lowest BCUT2D eigenvalue weighted by Crippen LogP contribution is -2.32. The van der Waals surface area contributed by atoms with Crippen molar-refractivity contribution in [2.24, 2.45) is 0 Å². The maximum absolute atomic E-state index is 12.4. The fourth-order valence-electron chi connectivity index (χ4n) is 3.95. The van der Waals surface area contributed by atoms with Gasteiger partial charge in [0.2, 0.25) is 11.8 Å². The van der Waals surface area contributed by atoms with Crippen LogP contribution in [0.15, 0.2) is 87.7 Å². The minimum absolute atomic E-state index is 0.0117. The molecule has 8 heteroatoms. The normalized spacial score (nSPS) is 11.2. The van der Waals surface area contributed by atoms with Crippen molar-refractivity contribution in [2.45, 2.75) is 13.8 Å². The van der Waals surface area contributed by atoms with Gasteiger partial charge in [0.15, 0.2) is 10.7 Å². The number of aryl methyl sites for hydroxylation is 2. The molecule has 37 heavy (non-hydrogen) atoms. The largest absolute Gasteiger partial charge is 0.507 e. The zero-order valence-electron chi connectivity index (χ0n) is 20.1. The van der Waals surface area contributed by atoms with E-state index in [2.05, 4.69) is 15.6 Å². The molecule has 0 fully saturated rings. The average molecular weight is 510 g/mol. The van der Waals surface area contributed by atoms with E-state index >= 15 is 0 Å². The van der Waals surface area contributed by atoms with Crippen LogP contribution in [0.2, 0.25) is 0 Å². The maximum atomic E-state index is 12.4. The van der Waals surface area contributed by atoms with Crippen molar-refractivity contribution in [3.63, 3.8) is 0 Å². The molecule has 0 spiro atoms. The second-order valence-corrected chi connectivity index (χ2v) is 8.93. The summed E-state index contributed by atoms with van der Waals surface area (Å²) in [5.41, 5.74) is 5.32. The summed E-state index contributed by atoms with van der Waals surface area (Å²) in [7, 11) is 0. The Hall–Kier alpha value is -4.69.